The third-order valence-corrected chi connectivity index (χ3v) is 7.00. The number of aromatic nitrogens is 1. The topological polar surface area (TPSA) is 83.9 Å². The number of nitrogens with zero attached hydrogens (tertiary/aromatic N) is 3. The fraction of sp³-hybridized carbons (Fsp3) is 0.400. The molecular formula is C25H30N4O4S. The average Bonchev–Trinajstić information content (AvgIpc) is 3.41. The minimum absolute atomic E-state index is 0.0334. The highest BCUT2D eigenvalue weighted by Gasteiger charge is 2.32. The third kappa shape index (κ3) is 5.09. The van der Waals surface area contributed by atoms with Crippen LogP contribution in [0.4, 0.5) is 4.79 Å². The second-order valence-electron chi connectivity index (χ2n) is 8.54. The van der Waals surface area contributed by atoms with Crippen molar-refractivity contribution in [1.82, 2.24) is 19.7 Å². The first-order valence-corrected chi connectivity index (χ1v) is 12.4. The predicted octanol–water partition coefficient (Wildman–Crippen LogP) is 3.48. The number of amides is 3. The van der Waals surface area contributed by atoms with Gasteiger partial charge in [0, 0.05) is 37.6 Å². The van der Waals surface area contributed by atoms with Gasteiger partial charge in [-0.1, -0.05) is 29.8 Å². The Bertz CT molecular complexity index is 1180. The summed E-state index contributed by atoms with van der Waals surface area (Å²) in [7, 11) is 0. The maximum Gasteiger partial charge on any atom is 0.325 e. The molecule has 3 aromatic rings. The molecule has 34 heavy (non-hydrogen) atoms. The first kappa shape index (κ1) is 23.8. The van der Waals surface area contributed by atoms with Gasteiger partial charge in [-0.15, -0.1) is 11.3 Å². The molecule has 3 amide bonds. The van der Waals surface area contributed by atoms with Crippen molar-refractivity contribution in [1.29, 1.82) is 0 Å². The first-order valence-electron chi connectivity index (χ1n) is 11.5. The van der Waals surface area contributed by atoms with E-state index in [0.717, 1.165) is 15.8 Å². The zero-order chi connectivity index (χ0) is 24.2. The van der Waals surface area contributed by atoms with Gasteiger partial charge in [0.25, 0.3) is 5.91 Å². The molecule has 1 saturated heterocycles. The van der Waals surface area contributed by atoms with E-state index in [1.54, 1.807) is 23.2 Å². The molecule has 0 bridgehead atoms. The lowest BCUT2D eigenvalue weighted by atomic mass is 10.1. The molecule has 0 radical (unpaired) electrons. The maximum atomic E-state index is 13.6. The summed E-state index contributed by atoms with van der Waals surface area (Å²) in [4.78, 5) is 42.2. The minimum Gasteiger partial charge on any atom is -0.465 e. The summed E-state index contributed by atoms with van der Waals surface area (Å²) in [6.45, 7) is 7.67. The number of carbonyl (C=O) groups excluding carboxylic acids is 3. The lowest BCUT2D eigenvalue weighted by molar-refractivity contribution is -0.141. The number of rotatable bonds is 6. The molecule has 4 rings (SSSR count). The van der Waals surface area contributed by atoms with Crippen molar-refractivity contribution in [2.24, 2.45) is 0 Å². The number of benzene rings is 1. The summed E-state index contributed by atoms with van der Waals surface area (Å²) in [6.07, 6.45) is 0. The zero-order valence-electron chi connectivity index (χ0n) is 19.7. The lowest BCUT2D eigenvalue weighted by Gasteiger charge is -2.39. The van der Waals surface area contributed by atoms with Crippen LogP contribution in [0.25, 0.3) is 10.2 Å². The molecule has 2 aromatic heterocycles. The average molecular weight is 483 g/mol. The molecule has 0 saturated carbocycles. The molecule has 9 heteroatoms. The van der Waals surface area contributed by atoms with Crippen molar-refractivity contribution in [3.8, 4) is 0 Å². The molecule has 1 fully saturated rings. The fourth-order valence-corrected chi connectivity index (χ4v) is 5.15. The number of fused-ring (bicyclic) bond motifs is 1. The molecule has 1 aromatic carbocycles. The molecule has 1 aliphatic heterocycles. The van der Waals surface area contributed by atoms with Crippen molar-refractivity contribution in [2.45, 2.75) is 33.4 Å². The van der Waals surface area contributed by atoms with E-state index in [0.29, 0.717) is 31.9 Å². The summed E-state index contributed by atoms with van der Waals surface area (Å²) in [6, 6.07) is 11.9. The van der Waals surface area contributed by atoms with Crippen molar-refractivity contribution < 1.29 is 19.1 Å². The van der Waals surface area contributed by atoms with E-state index < -0.39 is 5.97 Å². The van der Waals surface area contributed by atoms with Crippen molar-refractivity contribution in [3.05, 3.63) is 58.6 Å². The monoisotopic (exact) mass is 482 g/mol. The Balaban J connectivity index is 1.46. The Hall–Kier alpha value is -3.33. The molecule has 1 atom stereocenters. The third-order valence-electron chi connectivity index (χ3n) is 6.05. The highest BCUT2D eigenvalue weighted by molar-refractivity contribution is 7.16. The Morgan fingerprint density at radius 2 is 1.91 bits per heavy atom. The van der Waals surface area contributed by atoms with E-state index in [4.69, 9.17) is 4.74 Å². The number of hydrogen-bond acceptors (Lipinski definition) is 5. The number of urea groups is 1. The predicted molar refractivity (Wildman–Crippen MR) is 132 cm³/mol. The Kier molecular flexibility index (Phi) is 7.21. The Labute approximate surface area is 203 Å². The number of thiophene rings is 1. The van der Waals surface area contributed by atoms with Gasteiger partial charge in [0.15, 0.2) is 0 Å². The molecule has 0 spiro atoms. The van der Waals surface area contributed by atoms with Gasteiger partial charge in [0.1, 0.15) is 17.1 Å². The van der Waals surface area contributed by atoms with Crippen LogP contribution < -0.4 is 5.32 Å². The Morgan fingerprint density at radius 3 is 2.62 bits per heavy atom. The number of aryl methyl sites for hydroxylation is 1. The fourth-order valence-electron chi connectivity index (χ4n) is 4.25. The van der Waals surface area contributed by atoms with Crippen LogP contribution in [0, 0.1) is 6.92 Å². The number of nitrogens with one attached hydrogen (secondary N) is 1. The highest BCUT2D eigenvalue weighted by atomic mass is 32.1. The van der Waals surface area contributed by atoms with Gasteiger partial charge in [0.05, 0.1) is 6.61 Å². The molecule has 3 heterocycles. The molecule has 0 aliphatic carbocycles. The van der Waals surface area contributed by atoms with Crippen LogP contribution >= 0.6 is 11.3 Å². The van der Waals surface area contributed by atoms with E-state index in [1.165, 1.54) is 5.56 Å². The largest absolute Gasteiger partial charge is 0.465 e. The van der Waals surface area contributed by atoms with Crippen LogP contribution in [0.5, 0.6) is 0 Å². The quantitative estimate of drug-likeness (QED) is 0.546. The number of carbonyl (C=O) groups is 3. The molecule has 180 valence electrons. The van der Waals surface area contributed by atoms with Gasteiger partial charge in [-0.2, -0.15) is 0 Å². The van der Waals surface area contributed by atoms with E-state index in [-0.39, 0.29) is 31.1 Å². The van der Waals surface area contributed by atoms with E-state index in [2.05, 4.69) is 41.1 Å². The standard InChI is InChI=1S/C25H30N4O4S/c1-4-33-22(30)14-26-25(32)28-11-10-27(15-18(28)3)23(31)21-13-20-9-12-34-24(20)29(21)16-19-7-5-17(2)6-8-19/h5-9,12-13,18H,4,10-11,14-16H2,1-3H3,(H,26,32). The van der Waals surface area contributed by atoms with E-state index in [9.17, 15) is 14.4 Å². The van der Waals surface area contributed by atoms with Crippen molar-refractivity contribution >= 4 is 39.5 Å². The molecule has 1 aliphatic rings. The lowest BCUT2D eigenvalue weighted by Crippen LogP contribution is -2.58. The van der Waals surface area contributed by atoms with Gasteiger partial charge in [0.2, 0.25) is 0 Å². The van der Waals surface area contributed by atoms with Gasteiger partial charge >= 0.3 is 12.0 Å². The second kappa shape index (κ2) is 10.3. The van der Waals surface area contributed by atoms with Crippen molar-refractivity contribution in [2.75, 3.05) is 32.8 Å². The van der Waals surface area contributed by atoms with Crippen LogP contribution in [0.3, 0.4) is 0 Å². The summed E-state index contributed by atoms with van der Waals surface area (Å²) in [5.41, 5.74) is 3.00. The number of hydrogen-bond donors (Lipinski definition) is 1. The smallest absolute Gasteiger partial charge is 0.325 e. The molecule has 1 N–H and O–H groups in total. The SMILES string of the molecule is CCOC(=O)CNC(=O)N1CCN(C(=O)c2cc3ccsc3n2Cc2ccc(C)cc2)CC1C. The van der Waals surface area contributed by atoms with Crippen LogP contribution in [-0.4, -0.2) is 71.1 Å². The normalized spacial score (nSPS) is 16.0. The van der Waals surface area contributed by atoms with E-state index in [1.807, 2.05) is 29.3 Å². The van der Waals surface area contributed by atoms with Gasteiger partial charge in [-0.05, 0) is 43.8 Å². The van der Waals surface area contributed by atoms with Crippen LogP contribution in [-0.2, 0) is 16.1 Å². The number of piperazine rings is 1. The number of esters is 1. The van der Waals surface area contributed by atoms with Crippen LogP contribution in [0.15, 0.2) is 41.8 Å². The molecular weight excluding hydrogens is 452 g/mol. The van der Waals surface area contributed by atoms with Crippen LogP contribution in [0.1, 0.15) is 35.5 Å². The Morgan fingerprint density at radius 1 is 1.15 bits per heavy atom. The minimum atomic E-state index is -0.466. The maximum absolute atomic E-state index is 13.6. The first-order chi connectivity index (χ1) is 16.4. The van der Waals surface area contributed by atoms with Crippen molar-refractivity contribution in [3.63, 3.8) is 0 Å². The summed E-state index contributed by atoms with van der Waals surface area (Å²) in [5.74, 6) is -0.499. The van der Waals surface area contributed by atoms with Crippen LogP contribution in [0.2, 0.25) is 0 Å². The zero-order valence-corrected chi connectivity index (χ0v) is 20.6. The molecule has 8 nitrogen and oxygen atoms in total. The van der Waals surface area contributed by atoms with Gasteiger partial charge in [-0.3, -0.25) is 9.59 Å². The number of ether oxygens (including phenoxy) is 1. The second-order valence-corrected chi connectivity index (χ2v) is 9.43. The molecule has 1 unspecified atom stereocenters. The van der Waals surface area contributed by atoms with E-state index >= 15 is 0 Å². The summed E-state index contributed by atoms with van der Waals surface area (Å²) < 4.78 is 6.95. The van der Waals surface area contributed by atoms with Gasteiger partial charge in [-0.25, -0.2) is 4.79 Å². The highest BCUT2D eigenvalue weighted by Crippen LogP contribution is 2.28. The van der Waals surface area contributed by atoms with Gasteiger partial charge < -0.3 is 24.4 Å². The summed E-state index contributed by atoms with van der Waals surface area (Å²) >= 11 is 1.63. The summed E-state index contributed by atoms with van der Waals surface area (Å²) in [5, 5.41) is 5.71.